The molecule has 1 heterocycles. The number of methoxy groups -OCH3 is 2. The van der Waals surface area contributed by atoms with Crippen LogP contribution in [0.1, 0.15) is 16.8 Å². The lowest BCUT2D eigenvalue weighted by Gasteiger charge is -2.08. The normalized spacial score (nSPS) is 11.2. The number of hydrogen-bond donors (Lipinski definition) is 1. The second kappa shape index (κ2) is 14.1. The molecule has 4 rings (SSSR count). The van der Waals surface area contributed by atoms with Gasteiger partial charge >= 0.3 is 0 Å². The number of fused-ring (bicyclic) bond motifs is 1. The van der Waals surface area contributed by atoms with Crippen molar-refractivity contribution in [2.24, 2.45) is 5.73 Å². The predicted octanol–water partition coefficient (Wildman–Crippen LogP) is 5.77. The summed E-state index contributed by atoms with van der Waals surface area (Å²) in [7, 11) is 3.11. The number of para-hydroxylation sites is 1. The Bertz CT molecular complexity index is 1270. The maximum atomic E-state index is 11.5. The van der Waals surface area contributed by atoms with Crippen molar-refractivity contribution in [3.05, 3.63) is 107 Å². The number of rotatable bonds is 9. The van der Waals surface area contributed by atoms with Gasteiger partial charge in [0, 0.05) is 36.7 Å². The van der Waals surface area contributed by atoms with Crippen LogP contribution in [0.4, 0.5) is 0 Å². The van der Waals surface area contributed by atoms with Gasteiger partial charge in [-0.15, -0.1) is 0 Å². The molecule has 0 amide bonds. The molecule has 0 aliphatic rings. The first kappa shape index (κ1) is 27.0. The van der Waals surface area contributed by atoms with Crippen LogP contribution in [-0.2, 0) is 20.9 Å². The molecule has 0 bridgehead atoms. The molecule has 0 atom stereocenters. The average Bonchev–Trinajstić information content (AvgIpc) is 2.93. The van der Waals surface area contributed by atoms with E-state index in [9.17, 15) is 4.79 Å². The van der Waals surface area contributed by atoms with Gasteiger partial charge < -0.3 is 19.9 Å². The molecule has 0 aliphatic heterocycles. The minimum atomic E-state index is -0.236. The Morgan fingerprint density at radius 3 is 2.25 bits per heavy atom. The molecule has 186 valence electrons. The fourth-order valence-corrected chi connectivity index (χ4v) is 3.43. The highest BCUT2D eigenvalue weighted by atomic mass is 35.5. The summed E-state index contributed by atoms with van der Waals surface area (Å²) in [5.74, 6) is 0.723. The molecule has 6 nitrogen and oxygen atoms in total. The number of carbonyl (C=O) groups is 1. The number of nitrogens with two attached hydrogens (primary N) is 1. The van der Waals surface area contributed by atoms with Crippen molar-refractivity contribution in [3.63, 3.8) is 0 Å². The van der Waals surface area contributed by atoms with Crippen molar-refractivity contribution in [2.75, 3.05) is 20.8 Å². The Hall–Kier alpha value is -3.55. The fraction of sp³-hybridized carbons (Fsp3) is 0.172. The Balaban J connectivity index is 0.000000454. The molecule has 0 saturated heterocycles. The first-order valence-corrected chi connectivity index (χ1v) is 11.7. The van der Waals surface area contributed by atoms with Gasteiger partial charge in [0.1, 0.15) is 12.4 Å². The number of benzene rings is 3. The van der Waals surface area contributed by atoms with E-state index < -0.39 is 0 Å². The SMILES string of the molecule is COC(CN)OC.O=C/C(=C/c1ccc(Cl)cc1)c1ccc(OCc2ccc3ccccc3n2)cc1. The largest absolute Gasteiger partial charge is 0.487 e. The number of halogens is 1. The van der Waals surface area contributed by atoms with E-state index >= 15 is 0 Å². The number of pyridine rings is 1. The van der Waals surface area contributed by atoms with Crippen LogP contribution >= 0.6 is 11.6 Å². The van der Waals surface area contributed by atoms with E-state index in [1.807, 2.05) is 78.9 Å². The van der Waals surface area contributed by atoms with E-state index in [0.717, 1.165) is 39.8 Å². The molecule has 0 radical (unpaired) electrons. The fourth-order valence-electron chi connectivity index (χ4n) is 3.30. The first-order chi connectivity index (χ1) is 17.6. The van der Waals surface area contributed by atoms with Gasteiger partial charge in [0.15, 0.2) is 12.6 Å². The number of nitrogens with zero attached hydrogens (tertiary/aromatic N) is 1. The van der Waals surface area contributed by atoms with Crippen LogP contribution in [0, 0.1) is 0 Å². The van der Waals surface area contributed by atoms with Crippen LogP contribution in [0.15, 0.2) is 84.9 Å². The topological polar surface area (TPSA) is 83.7 Å². The van der Waals surface area contributed by atoms with Crippen molar-refractivity contribution >= 4 is 40.4 Å². The number of carbonyl (C=O) groups excluding carboxylic acids is 1. The van der Waals surface area contributed by atoms with E-state index in [0.29, 0.717) is 23.7 Å². The highest BCUT2D eigenvalue weighted by Gasteiger charge is 2.04. The second-order valence-electron chi connectivity index (χ2n) is 7.71. The van der Waals surface area contributed by atoms with E-state index in [1.54, 1.807) is 26.4 Å². The van der Waals surface area contributed by atoms with Crippen LogP contribution in [0.25, 0.3) is 22.6 Å². The maximum Gasteiger partial charge on any atom is 0.168 e. The summed E-state index contributed by atoms with van der Waals surface area (Å²) in [6, 6.07) is 26.8. The highest BCUT2D eigenvalue weighted by molar-refractivity contribution is 6.30. The zero-order valence-corrected chi connectivity index (χ0v) is 21.0. The third-order valence-corrected chi connectivity index (χ3v) is 5.52. The van der Waals surface area contributed by atoms with E-state index in [1.165, 1.54) is 0 Å². The number of ether oxygens (including phenoxy) is 3. The summed E-state index contributed by atoms with van der Waals surface area (Å²) in [6.07, 6.45) is 2.45. The van der Waals surface area contributed by atoms with Gasteiger partial charge in [-0.2, -0.15) is 0 Å². The lowest BCUT2D eigenvalue weighted by atomic mass is 10.0. The molecule has 0 saturated carbocycles. The Labute approximate surface area is 216 Å². The second-order valence-corrected chi connectivity index (χ2v) is 8.15. The Morgan fingerprint density at radius 1 is 0.944 bits per heavy atom. The van der Waals surface area contributed by atoms with Crippen molar-refractivity contribution in [1.82, 2.24) is 4.98 Å². The van der Waals surface area contributed by atoms with Gasteiger partial charge in [0.2, 0.25) is 0 Å². The number of hydrogen-bond acceptors (Lipinski definition) is 6. The van der Waals surface area contributed by atoms with E-state index in [-0.39, 0.29) is 6.29 Å². The molecule has 0 spiro atoms. The molecular weight excluding hydrogens is 476 g/mol. The molecule has 1 aromatic heterocycles. The van der Waals surface area contributed by atoms with Crippen LogP contribution in [0.3, 0.4) is 0 Å². The summed E-state index contributed by atoms with van der Waals surface area (Å²) in [6.45, 7) is 0.790. The standard InChI is InChI=1S/C25H18ClNO2.C4H11NO2/c26-22-10-5-18(6-11-22)15-21(16-28)19-8-13-24(14-9-19)29-17-23-12-7-20-3-1-2-4-25(20)27-23;1-6-4(3-5)7-2/h1-16H,17H2;4H,3,5H2,1-2H3/b21-15-;. The molecule has 4 aromatic rings. The molecule has 0 aliphatic carbocycles. The first-order valence-electron chi connectivity index (χ1n) is 11.3. The summed E-state index contributed by atoms with van der Waals surface area (Å²) in [5.41, 5.74) is 9.29. The number of aldehydes is 1. The zero-order chi connectivity index (χ0) is 25.8. The molecule has 7 heteroatoms. The van der Waals surface area contributed by atoms with Crippen LogP contribution in [-0.4, -0.2) is 38.3 Å². The van der Waals surface area contributed by atoms with Crippen LogP contribution < -0.4 is 10.5 Å². The van der Waals surface area contributed by atoms with Crippen LogP contribution in [0.5, 0.6) is 5.75 Å². The van der Waals surface area contributed by atoms with E-state index in [2.05, 4.69) is 4.98 Å². The minimum absolute atomic E-state index is 0.236. The molecule has 36 heavy (non-hydrogen) atoms. The third-order valence-electron chi connectivity index (χ3n) is 5.27. The van der Waals surface area contributed by atoms with E-state index in [4.69, 9.17) is 31.5 Å². The molecule has 2 N–H and O–H groups in total. The Morgan fingerprint density at radius 2 is 1.64 bits per heavy atom. The van der Waals surface area contributed by atoms with Crippen molar-refractivity contribution in [1.29, 1.82) is 0 Å². The lowest BCUT2D eigenvalue weighted by molar-refractivity contribution is -0.103. The quantitative estimate of drug-likeness (QED) is 0.135. The molecular formula is C29H29ClN2O4. The van der Waals surface area contributed by atoms with Gasteiger partial charge in [-0.1, -0.05) is 60.1 Å². The zero-order valence-electron chi connectivity index (χ0n) is 20.3. The number of aromatic nitrogens is 1. The van der Waals surface area contributed by atoms with Crippen molar-refractivity contribution < 1.29 is 19.0 Å². The van der Waals surface area contributed by atoms with Gasteiger partial charge in [0.25, 0.3) is 0 Å². The predicted molar refractivity (Wildman–Crippen MR) is 145 cm³/mol. The van der Waals surface area contributed by atoms with Crippen molar-refractivity contribution in [2.45, 2.75) is 12.9 Å². The average molecular weight is 505 g/mol. The Kier molecular flexibility index (Phi) is 10.6. The van der Waals surface area contributed by atoms with Crippen LogP contribution in [0.2, 0.25) is 5.02 Å². The summed E-state index contributed by atoms with van der Waals surface area (Å²) in [5, 5.41) is 1.77. The lowest BCUT2D eigenvalue weighted by Crippen LogP contribution is -2.23. The van der Waals surface area contributed by atoms with Gasteiger partial charge in [-0.25, -0.2) is 4.98 Å². The summed E-state index contributed by atoms with van der Waals surface area (Å²) in [4.78, 5) is 16.2. The number of allylic oxidation sites excluding steroid dienone is 1. The van der Waals surface area contributed by atoms with Gasteiger partial charge in [-0.3, -0.25) is 4.79 Å². The monoisotopic (exact) mass is 504 g/mol. The van der Waals surface area contributed by atoms with Crippen molar-refractivity contribution in [3.8, 4) is 5.75 Å². The molecule has 0 unspecified atom stereocenters. The molecule has 0 fully saturated rings. The molecule has 3 aromatic carbocycles. The maximum absolute atomic E-state index is 11.5. The van der Waals surface area contributed by atoms with Gasteiger partial charge in [0.05, 0.1) is 11.2 Å². The minimum Gasteiger partial charge on any atom is -0.487 e. The van der Waals surface area contributed by atoms with Gasteiger partial charge in [-0.05, 0) is 53.6 Å². The third kappa shape index (κ3) is 8.00. The smallest absolute Gasteiger partial charge is 0.168 e. The summed E-state index contributed by atoms with van der Waals surface area (Å²) >= 11 is 5.91. The summed E-state index contributed by atoms with van der Waals surface area (Å²) < 4.78 is 15.3. The highest BCUT2D eigenvalue weighted by Crippen LogP contribution is 2.22.